The summed E-state index contributed by atoms with van der Waals surface area (Å²) in [4.78, 5) is 29.5. The lowest BCUT2D eigenvalue weighted by Gasteiger charge is -2.11. The number of benzene rings is 7. The van der Waals surface area contributed by atoms with Gasteiger partial charge < -0.3 is 8.98 Å². The van der Waals surface area contributed by atoms with Crippen molar-refractivity contribution in [3.05, 3.63) is 200 Å². The van der Waals surface area contributed by atoms with Crippen molar-refractivity contribution in [1.82, 2.24) is 34.5 Å². The summed E-state index contributed by atoms with van der Waals surface area (Å²) in [6.45, 7) is 0. The van der Waals surface area contributed by atoms with Crippen LogP contribution in [0.15, 0.2) is 205 Å². The van der Waals surface area contributed by atoms with E-state index in [0.29, 0.717) is 40.1 Å². The highest BCUT2D eigenvalue weighted by atomic mass is 16.3. The van der Waals surface area contributed by atoms with E-state index in [0.717, 1.165) is 66.6 Å². The van der Waals surface area contributed by atoms with Crippen LogP contribution in [-0.2, 0) is 0 Å². The van der Waals surface area contributed by atoms with E-state index >= 15 is 0 Å². The van der Waals surface area contributed by atoms with Gasteiger partial charge in [0.1, 0.15) is 5.52 Å². The Balaban J connectivity index is 0.908. The molecule has 0 aliphatic rings. The molecule has 0 radical (unpaired) electrons. The normalized spacial score (nSPS) is 11.5. The number of furan rings is 1. The highest BCUT2D eigenvalue weighted by molar-refractivity contribution is 6.09. The fourth-order valence-corrected chi connectivity index (χ4v) is 8.36. The number of hydrogen-bond acceptors (Lipinski definition) is 7. The van der Waals surface area contributed by atoms with Gasteiger partial charge >= 0.3 is 0 Å². The first-order valence-electron chi connectivity index (χ1n) is 20.4. The standard InChI is InChI=1S/C54H33N7O/c1-3-13-34(14-4-1)38-17-11-18-39(29-38)41-31-45-49-48(62-54(45)56-32-41)33-55-50(57-49)36-25-27-37(28-26-36)52-58-51(35-15-5-2-6-16-35)59-53(60-52)40-19-12-20-42(30-40)61-46-23-9-7-21-43(46)44-22-8-10-24-47(44)61/h1-33H. The Hall–Kier alpha value is -8.62. The van der Waals surface area contributed by atoms with Crippen LogP contribution < -0.4 is 0 Å². The van der Waals surface area contributed by atoms with E-state index in [9.17, 15) is 0 Å². The predicted molar refractivity (Wildman–Crippen MR) is 247 cm³/mol. The molecule has 0 atom stereocenters. The lowest BCUT2D eigenvalue weighted by molar-refractivity contribution is 0.651. The van der Waals surface area contributed by atoms with Gasteiger partial charge in [-0.1, -0.05) is 152 Å². The van der Waals surface area contributed by atoms with Crippen molar-refractivity contribution in [3.8, 4) is 73.5 Å². The number of rotatable bonds is 7. The molecule has 290 valence electrons. The Kier molecular flexibility index (Phi) is 8.31. The van der Waals surface area contributed by atoms with Crippen LogP contribution in [-0.4, -0.2) is 34.5 Å². The molecule has 5 aromatic heterocycles. The molecule has 0 spiro atoms. The van der Waals surface area contributed by atoms with Gasteiger partial charge in [-0.3, -0.25) is 0 Å². The summed E-state index contributed by atoms with van der Waals surface area (Å²) in [5, 5.41) is 3.25. The second kappa shape index (κ2) is 14.6. The van der Waals surface area contributed by atoms with Crippen LogP contribution in [0.1, 0.15) is 0 Å². The van der Waals surface area contributed by atoms with Crippen LogP contribution >= 0.6 is 0 Å². The van der Waals surface area contributed by atoms with Crippen molar-refractivity contribution in [2.24, 2.45) is 0 Å². The van der Waals surface area contributed by atoms with Gasteiger partial charge in [0.2, 0.25) is 5.71 Å². The Morgan fingerprint density at radius 2 is 0.871 bits per heavy atom. The summed E-state index contributed by atoms with van der Waals surface area (Å²) < 4.78 is 8.41. The molecule has 0 bridgehead atoms. The van der Waals surface area contributed by atoms with Crippen molar-refractivity contribution in [2.45, 2.75) is 0 Å². The van der Waals surface area contributed by atoms with Crippen molar-refractivity contribution >= 4 is 44.0 Å². The third kappa shape index (κ3) is 6.17. The van der Waals surface area contributed by atoms with Gasteiger partial charge in [-0.05, 0) is 53.1 Å². The number of aromatic nitrogens is 7. The summed E-state index contributed by atoms with van der Waals surface area (Å²) in [5.41, 5.74) is 12.9. The molecule has 0 aliphatic heterocycles. The van der Waals surface area contributed by atoms with Crippen molar-refractivity contribution in [2.75, 3.05) is 0 Å². The zero-order chi connectivity index (χ0) is 41.0. The number of para-hydroxylation sites is 2. The van der Waals surface area contributed by atoms with Crippen LogP contribution in [0, 0.1) is 0 Å². The number of nitrogens with zero attached hydrogens (tertiary/aromatic N) is 7. The van der Waals surface area contributed by atoms with Crippen LogP contribution in [0.25, 0.3) is 117 Å². The molecule has 8 nitrogen and oxygen atoms in total. The Bertz CT molecular complexity index is 3580. The Morgan fingerprint density at radius 1 is 0.339 bits per heavy atom. The summed E-state index contributed by atoms with van der Waals surface area (Å²) in [6.07, 6.45) is 3.57. The van der Waals surface area contributed by atoms with Crippen molar-refractivity contribution in [1.29, 1.82) is 0 Å². The van der Waals surface area contributed by atoms with Crippen molar-refractivity contribution < 1.29 is 4.42 Å². The second-order valence-electron chi connectivity index (χ2n) is 15.2. The molecular formula is C54H33N7O. The third-order valence-corrected chi connectivity index (χ3v) is 11.4. The average Bonchev–Trinajstić information content (AvgIpc) is 3.89. The topological polar surface area (TPSA) is 95.4 Å². The van der Waals surface area contributed by atoms with E-state index in [-0.39, 0.29) is 0 Å². The van der Waals surface area contributed by atoms with Gasteiger partial charge in [0.25, 0.3) is 0 Å². The highest BCUT2D eigenvalue weighted by Crippen LogP contribution is 2.35. The molecule has 62 heavy (non-hydrogen) atoms. The summed E-state index contributed by atoms with van der Waals surface area (Å²) in [6, 6.07) is 64.5. The molecule has 8 heteroatoms. The van der Waals surface area contributed by atoms with E-state index in [1.807, 2.05) is 66.9 Å². The van der Waals surface area contributed by atoms with Crippen LogP contribution in [0.3, 0.4) is 0 Å². The molecule has 12 rings (SSSR count). The van der Waals surface area contributed by atoms with Gasteiger partial charge in [-0.25, -0.2) is 29.9 Å². The van der Waals surface area contributed by atoms with Crippen LogP contribution in [0.5, 0.6) is 0 Å². The minimum Gasteiger partial charge on any atom is -0.434 e. The lowest BCUT2D eigenvalue weighted by Crippen LogP contribution is -2.01. The zero-order valence-corrected chi connectivity index (χ0v) is 33.1. The maximum Gasteiger partial charge on any atom is 0.229 e. The molecule has 5 heterocycles. The first kappa shape index (κ1) is 35.3. The summed E-state index contributed by atoms with van der Waals surface area (Å²) in [5.74, 6) is 2.32. The smallest absolute Gasteiger partial charge is 0.229 e. The lowest BCUT2D eigenvalue weighted by atomic mass is 9.99. The van der Waals surface area contributed by atoms with Crippen LogP contribution in [0.4, 0.5) is 0 Å². The average molecular weight is 796 g/mol. The van der Waals surface area contributed by atoms with Gasteiger partial charge in [0.05, 0.1) is 22.6 Å². The van der Waals surface area contributed by atoms with E-state index in [4.69, 9.17) is 29.3 Å². The Labute approximate surface area is 355 Å². The largest absolute Gasteiger partial charge is 0.434 e. The number of hydrogen-bond donors (Lipinski definition) is 0. The van der Waals surface area contributed by atoms with Gasteiger partial charge in [-0.2, -0.15) is 0 Å². The SMILES string of the molecule is c1ccc(-c2cccc(-c3cnc4oc5cnc(-c6ccc(-c7nc(-c8ccccc8)nc(-c8cccc(-n9c%10ccccc%10c%10ccccc%109)c8)n7)cc6)nc5c4c3)c2)cc1. The quantitative estimate of drug-likeness (QED) is 0.158. The number of pyridine rings is 1. The zero-order valence-electron chi connectivity index (χ0n) is 33.1. The van der Waals surface area contributed by atoms with Gasteiger partial charge in [-0.15, -0.1) is 0 Å². The molecule has 12 aromatic rings. The molecular weight excluding hydrogens is 763 g/mol. The number of fused-ring (bicyclic) bond motifs is 6. The summed E-state index contributed by atoms with van der Waals surface area (Å²) in [7, 11) is 0. The monoisotopic (exact) mass is 795 g/mol. The molecule has 0 fully saturated rings. The van der Waals surface area contributed by atoms with Gasteiger partial charge in [0.15, 0.2) is 28.9 Å². The minimum absolute atomic E-state index is 0.519. The maximum atomic E-state index is 6.11. The molecule has 0 saturated heterocycles. The fourth-order valence-electron chi connectivity index (χ4n) is 8.36. The second-order valence-corrected chi connectivity index (χ2v) is 15.2. The maximum absolute atomic E-state index is 6.11. The van der Waals surface area contributed by atoms with Crippen LogP contribution in [0.2, 0.25) is 0 Å². The Morgan fingerprint density at radius 3 is 1.56 bits per heavy atom. The first-order chi connectivity index (χ1) is 30.7. The fraction of sp³-hybridized carbons (Fsp3) is 0. The highest BCUT2D eigenvalue weighted by Gasteiger charge is 2.18. The first-order valence-corrected chi connectivity index (χ1v) is 20.4. The molecule has 0 amide bonds. The molecule has 0 saturated carbocycles. The van der Waals surface area contributed by atoms with E-state index < -0.39 is 0 Å². The van der Waals surface area contributed by atoms with Gasteiger partial charge in [0, 0.05) is 50.5 Å². The van der Waals surface area contributed by atoms with E-state index in [2.05, 4.69) is 137 Å². The minimum atomic E-state index is 0.519. The third-order valence-electron chi connectivity index (χ3n) is 11.4. The molecule has 0 N–H and O–H groups in total. The molecule has 0 unspecified atom stereocenters. The van der Waals surface area contributed by atoms with E-state index in [1.54, 1.807) is 6.20 Å². The summed E-state index contributed by atoms with van der Waals surface area (Å²) >= 11 is 0. The predicted octanol–water partition coefficient (Wildman–Crippen LogP) is 13.1. The molecule has 0 aliphatic carbocycles. The van der Waals surface area contributed by atoms with E-state index in [1.165, 1.54) is 10.8 Å². The van der Waals surface area contributed by atoms with Crippen molar-refractivity contribution in [3.63, 3.8) is 0 Å². The molecule has 7 aromatic carbocycles.